The lowest BCUT2D eigenvalue weighted by molar-refractivity contribution is 0.0673. The van der Waals surface area contributed by atoms with Crippen LogP contribution in [0.5, 0.6) is 0 Å². The van der Waals surface area contributed by atoms with Crippen molar-refractivity contribution in [3.8, 4) is 0 Å². The number of hydrogen-bond donors (Lipinski definition) is 1. The smallest absolute Gasteiger partial charge is 0.254 e. The lowest BCUT2D eigenvalue weighted by Gasteiger charge is -2.23. The van der Waals surface area contributed by atoms with E-state index in [0.717, 1.165) is 17.3 Å². The monoisotopic (exact) mass is 299 g/mol. The summed E-state index contributed by atoms with van der Waals surface area (Å²) in [5, 5.41) is 10.5. The van der Waals surface area contributed by atoms with Crippen LogP contribution in [0.15, 0.2) is 36.5 Å². The Kier molecular flexibility index (Phi) is 4.09. The van der Waals surface area contributed by atoms with Crippen molar-refractivity contribution >= 4 is 16.8 Å². The highest BCUT2D eigenvalue weighted by Crippen LogP contribution is 2.24. The van der Waals surface area contributed by atoms with Gasteiger partial charge in [-0.1, -0.05) is 6.07 Å². The van der Waals surface area contributed by atoms with Crippen LogP contribution in [-0.4, -0.2) is 65.1 Å². The molecule has 1 saturated heterocycles. The van der Waals surface area contributed by atoms with Gasteiger partial charge in [0.15, 0.2) is 0 Å². The van der Waals surface area contributed by atoms with Crippen LogP contribution in [0.3, 0.4) is 0 Å². The molecule has 1 fully saturated rings. The number of aromatic nitrogens is 1. The number of carbonyl (C=O) groups excluding carboxylic acids is 1. The number of fused-ring (bicyclic) bond motifs is 1. The Hall–Kier alpha value is -1.98. The molecule has 0 bridgehead atoms. The molecule has 1 aliphatic heterocycles. The summed E-state index contributed by atoms with van der Waals surface area (Å²) < 4.78 is 0. The Morgan fingerprint density at radius 2 is 2.23 bits per heavy atom. The van der Waals surface area contributed by atoms with E-state index in [1.54, 1.807) is 11.1 Å². The predicted molar refractivity (Wildman–Crippen MR) is 85.7 cm³/mol. The van der Waals surface area contributed by atoms with Crippen LogP contribution in [0, 0.1) is 0 Å². The number of pyridine rings is 1. The van der Waals surface area contributed by atoms with E-state index in [9.17, 15) is 9.90 Å². The third-order valence-electron chi connectivity index (χ3n) is 4.44. The van der Waals surface area contributed by atoms with Crippen LogP contribution >= 0.6 is 0 Å². The fraction of sp³-hybridized carbons (Fsp3) is 0.412. The highest BCUT2D eigenvalue weighted by Gasteiger charge is 2.36. The second-order valence-electron chi connectivity index (χ2n) is 6.06. The van der Waals surface area contributed by atoms with E-state index >= 15 is 0 Å². The minimum Gasteiger partial charge on any atom is -0.394 e. The van der Waals surface area contributed by atoms with Crippen molar-refractivity contribution in [3.05, 3.63) is 42.1 Å². The summed E-state index contributed by atoms with van der Waals surface area (Å²) in [6, 6.07) is 9.57. The Morgan fingerprint density at radius 1 is 1.41 bits per heavy atom. The zero-order valence-electron chi connectivity index (χ0n) is 12.9. The maximum Gasteiger partial charge on any atom is 0.254 e. The highest BCUT2D eigenvalue weighted by molar-refractivity contribution is 5.98. The average molecular weight is 299 g/mol. The molecule has 0 spiro atoms. The van der Waals surface area contributed by atoms with E-state index in [1.807, 2.05) is 44.4 Å². The van der Waals surface area contributed by atoms with Crippen LogP contribution in [0.4, 0.5) is 0 Å². The van der Waals surface area contributed by atoms with Gasteiger partial charge >= 0.3 is 0 Å². The van der Waals surface area contributed by atoms with Crippen molar-refractivity contribution in [1.82, 2.24) is 14.8 Å². The summed E-state index contributed by atoms with van der Waals surface area (Å²) in [6.45, 7) is 0.660. The van der Waals surface area contributed by atoms with Crippen molar-refractivity contribution in [1.29, 1.82) is 0 Å². The summed E-state index contributed by atoms with van der Waals surface area (Å²) in [5.41, 5.74) is 1.53. The highest BCUT2D eigenvalue weighted by atomic mass is 16.3. The van der Waals surface area contributed by atoms with Gasteiger partial charge in [-0.25, -0.2) is 0 Å². The average Bonchev–Trinajstić information content (AvgIpc) is 2.98. The van der Waals surface area contributed by atoms with Crippen LogP contribution < -0.4 is 0 Å². The van der Waals surface area contributed by atoms with Crippen molar-refractivity contribution in [3.63, 3.8) is 0 Å². The van der Waals surface area contributed by atoms with Crippen LogP contribution in [0.1, 0.15) is 16.8 Å². The van der Waals surface area contributed by atoms with Crippen LogP contribution in [0.25, 0.3) is 10.9 Å². The van der Waals surface area contributed by atoms with Crippen molar-refractivity contribution < 1.29 is 9.90 Å². The normalized spacial score (nSPS) is 21.7. The molecule has 0 aliphatic carbocycles. The van der Waals surface area contributed by atoms with E-state index in [0.29, 0.717) is 18.2 Å². The lowest BCUT2D eigenvalue weighted by atomic mass is 10.1. The lowest BCUT2D eigenvalue weighted by Crippen LogP contribution is -2.38. The number of nitrogens with zero attached hydrogens (tertiary/aromatic N) is 3. The quantitative estimate of drug-likeness (QED) is 0.930. The molecule has 5 nitrogen and oxygen atoms in total. The van der Waals surface area contributed by atoms with Gasteiger partial charge in [0.05, 0.1) is 18.2 Å². The van der Waals surface area contributed by atoms with Gasteiger partial charge in [0.1, 0.15) is 0 Å². The Bertz CT molecular complexity index is 686. The van der Waals surface area contributed by atoms with Gasteiger partial charge in [-0.3, -0.25) is 9.78 Å². The van der Waals surface area contributed by atoms with Crippen molar-refractivity contribution in [2.24, 2.45) is 0 Å². The summed E-state index contributed by atoms with van der Waals surface area (Å²) in [4.78, 5) is 21.0. The zero-order chi connectivity index (χ0) is 15.7. The molecule has 5 heteroatoms. The molecule has 0 radical (unpaired) electrons. The Balaban J connectivity index is 1.88. The van der Waals surface area contributed by atoms with E-state index in [1.165, 1.54) is 0 Å². The van der Waals surface area contributed by atoms with E-state index in [-0.39, 0.29) is 18.6 Å². The topological polar surface area (TPSA) is 56.7 Å². The summed E-state index contributed by atoms with van der Waals surface area (Å²) in [6.07, 6.45) is 2.55. The van der Waals surface area contributed by atoms with Gasteiger partial charge in [0, 0.05) is 29.7 Å². The second-order valence-corrected chi connectivity index (χ2v) is 6.06. The third-order valence-corrected chi connectivity index (χ3v) is 4.44. The molecule has 2 aromatic rings. The molecule has 1 N–H and O–H groups in total. The molecule has 1 aromatic carbocycles. The first-order valence-corrected chi connectivity index (χ1v) is 7.53. The number of amides is 1. The molecule has 3 rings (SSSR count). The third kappa shape index (κ3) is 2.69. The molecule has 1 amide bonds. The number of carbonyl (C=O) groups is 1. The zero-order valence-corrected chi connectivity index (χ0v) is 12.9. The molecule has 2 atom stereocenters. The Morgan fingerprint density at radius 3 is 2.95 bits per heavy atom. The number of aliphatic hydroxyl groups is 1. The van der Waals surface area contributed by atoms with E-state index in [4.69, 9.17) is 0 Å². The fourth-order valence-electron chi connectivity index (χ4n) is 3.06. The maximum absolute atomic E-state index is 12.8. The molecular formula is C17H21N3O2. The van der Waals surface area contributed by atoms with Crippen LogP contribution in [0.2, 0.25) is 0 Å². The minimum atomic E-state index is -0.107. The first kappa shape index (κ1) is 14.9. The number of benzene rings is 1. The molecule has 0 unspecified atom stereocenters. The van der Waals surface area contributed by atoms with Gasteiger partial charge in [0.25, 0.3) is 5.91 Å². The largest absolute Gasteiger partial charge is 0.394 e. The number of aliphatic hydroxyl groups excluding tert-OH is 1. The molecule has 2 heterocycles. The minimum absolute atomic E-state index is 0.00518. The Labute approximate surface area is 130 Å². The van der Waals surface area contributed by atoms with Gasteiger partial charge in [-0.2, -0.15) is 0 Å². The van der Waals surface area contributed by atoms with E-state index < -0.39 is 0 Å². The molecule has 1 aliphatic rings. The number of hydrogen-bond acceptors (Lipinski definition) is 4. The first-order chi connectivity index (χ1) is 10.6. The van der Waals surface area contributed by atoms with E-state index in [2.05, 4.69) is 9.88 Å². The molecule has 1 aromatic heterocycles. The number of likely N-dealkylation sites (N-methyl/N-ethyl adjacent to an activating group) is 1. The standard InChI is InChI=1S/C17H21N3O2/c1-19(2)14-9-15(11-21)20(10-14)17(22)13-5-6-16-12(8-13)4-3-7-18-16/h3-8,14-15,21H,9-11H2,1-2H3/t14-,15+/m1/s1. The van der Waals surface area contributed by atoms with Gasteiger partial charge in [0.2, 0.25) is 0 Å². The number of likely N-dealkylation sites (tertiary alicyclic amines) is 1. The molecular weight excluding hydrogens is 278 g/mol. The molecule has 116 valence electrons. The fourth-order valence-corrected chi connectivity index (χ4v) is 3.06. The van der Waals surface area contributed by atoms with Crippen molar-refractivity contribution in [2.75, 3.05) is 27.2 Å². The van der Waals surface area contributed by atoms with Crippen molar-refractivity contribution in [2.45, 2.75) is 18.5 Å². The van der Waals surface area contributed by atoms with Gasteiger partial charge in [-0.05, 0) is 44.8 Å². The number of rotatable bonds is 3. The second kappa shape index (κ2) is 6.02. The summed E-state index contributed by atoms with van der Waals surface area (Å²) in [7, 11) is 4.02. The van der Waals surface area contributed by atoms with Gasteiger partial charge in [-0.15, -0.1) is 0 Å². The maximum atomic E-state index is 12.8. The van der Waals surface area contributed by atoms with Crippen LogP contribution in [-0.2, 0) is 0 Å². The molecule has 22 heavy (non-hydrogen) atoms. The summed E-state index contributed by atoms with van der Waals surface area (Å²) >= 11 is 0. The SMILES string of the molecule is CN(C)[C@@H]1C[C@@H](CO)N(C(=O)c2ccc3ncccc3c2)C1. The predicted octanol–water partition coefficient (Wildman–Crippen LogP) is 1.37. The molecule has 0 saturated carbocycles. The summed E-state index contributed by atoms with van der Waals surface area (Å²) in [5.74, 6) is -0.0193. The first-order valence-electron chi connectivity index (χ1n) is 7.53. The van der Waals surface area contributed by atoms with Gasteiger partial charge < -0.3 is 14.9 Å².